The molecule has 21 heavy (non-hydrogen) atoms. The van der Waals surface area contributed by atoms with E-state index in [0.29, 0.717) is 0 Å². The Balaban J connectivity index is 2.34. The molecule has 1 N–H and O–H groups in total. The minimum absolute atomic E-state index is 0.0690. The molecule has 7 nitrogen and oxygen atoms in total. The SMILES string of the molecule is C[C@H](c1ccncc1)N(C)C(=O)c1cn(C)c(=O)[nH]c1=O. The molecule has 0 aromatic carbocycles. The number of rotatable bonds is 3. The van der Waals surface area contributed by atoms with Crippen molar-refractivity contribution in [2.45, 2.75) is 13.0 Å². The van der Waals surface area contributed by atoms with Gasteiger partial charge in [0.25, 0.3) is 11.5 Å². The van der Waals surface area contributed by atoms with E-state index in [9.17, 15) is 14.4 Å². The van der Waals surface area contributed by atoms with E-state index in [-0.39, 0.29) is 11.6 Å². The van der Waals surface area contributed by atoms with Gasteiger partial charge in [-0.3, -0.25) is 19.6 Å². The van der Waals surface area contributed by atoms with Crippen LogP contribution >= 0.6 is 0 Å². The molecule has 0 aliphatic heterocycles. The van der Waals surface area contributed by atoms with Crippen LogP contribution < -0.4 is 11.2 Å². The normalized spacial score (nSPS) is 12.0. The van der Waals surface area contributed by atoms with Crippen molar-refractivity contribution in [3.8, 4) is 0 Å². The molecule has 2 aromatic rings. The first-order chi connectivity index (χ1) is 9.91. The summed E-state index contributed by atoms with van der Waals surface area (Å²) in [5, 5.41) is 0. The number of aromatic nitrogens is 3. The number of nitrogens with zero attached hydrogens (tertiary/aromatic N) is 3. The molecule has 1 atom stereocenters. The van der Waals surface area contributed by atoms with E-state index in [1.807, 2.05) is 6.92 Å². The van der Waals surface area contributed by atoms with Crippen LogP contribution in [0.4, 0.5) is 0 Å². The molecule has 0 aliphatic rings. The second kappa shape index (κ2) is 5.74. The van der Waals surface area contributed by atoms with Crippen molar-refractivity contribution in [3.05, 3.63) is 62.7 Å². The minimum atomic E-state index is -0.683. The number of hydrogen-bond acceptors (Lipinski definition) is 4. The van der Waals surface area contributed by atoms with Crippen molar-refractivity contribution in [3.63, 3.8) is 0 Å². The number of H-pyrrole nitrogens is 1. The third-order valence-corrected chi connectivity index (χ3v) is 3.43. The number of aryl methyl sites for hydroxylation is 1. The van der Waals surface area contributed by atoms with Gasteiger partial charge in [0.2, 0.25) is 0 Å². The van der Waals surface area contributed by atoms with Crippen molar-refractivity contribution in [2.75, 3.05) is 7.05 Å². The minimum Gasteiger partial charge on any atom is -0.335 e. The Morgan fingerprint density at radius 3 is 2.57 bits per heavy atom. The van der Waals surface area contributed by atoms with Gasteiger partial charge in [-0.15, -0.1) is 0 Å². The first kappa shape index (κ1) is 14.7. The van der Waals surface area contributed by atoms with E-state index >= 15 is 0 Å². The Morgan fingerprint density at radius 2 is 1.95 bits per heavy atom. The second-order valence-electron chi connectivity index (χ2n) is 4.79. The molecule has 0 bridgehead atoms. The van der Waals surface area contributed by atoms with Gasteiger partial charge < -0.3 is 9.47 Å². The monoisotopic (exact) mass is 288 g/mol. The molecule has 0 saturated carbocycles. The van der Waals surface area contributed by atoms with E-state index in [2.05, 4.69) is 9.97 Å². The van der Waals surface area contributed by atoms with Crippen LogP contribution in [0.1, 0.15) is 28.9 Å². The highest BCUT2D eigenvalue weighted by atomic mass is 16.2. The Morgan fingerprint density at radius 1 is 1.33 bits per heavy atom. The molecule has 2 aromatic heterocycles. The summed E-state index contributed by atoms with van der Waals surface area (Å²) in [5.74, 6) is -0.448. The number of carbonyl (C=O) groups excluding carboxylic acids is 1. The van der Waals surface area contributed by atoms with E-state index in [0.717, 1.165) is 5.56 Å². The molecule has 0 fully saturated rings. The highest BCUT2D eigenvalue weighted by molar-refractivity contribution is 5.93. The van der Waals surface area contributed by atoms with Crippen LogP contribution in [-0.4, -0.2) is 32.4 Å². The summed E-state index contributed by atoms with van der Waals surface area (Å²) in [4.78, 5) is 43.0. The van der Waals surface area contributed by atoms with Crippen LogP contribution in [-0.2, 0) is 7.05 Å². The molecular weight excluding hydrogens is 272 g/mol. The van der Waals surface area contributed by atoms with Gasteiger partial charge in [-0.1, -0.05) is 0 Å². The van der Waals surface area contributed by atoms with Crippen molar-refractivity contribution in [1.29, 1.82) is 0 Å². The van der Waals surface area contributed by atoms with E-state index in [1.165, 1.54) is 22.7 Å². The molecular formula is C14H16N4O3. The first-order valence-corrected chi connectivity index (χ1v) is 6.39. The highest BCUT2D eigenvalue weighted by Gasteiger charge is 2.21. The number of hydrogen-bond donors (Lipinski definition) is 1. The molecule has 0 radical (unpaired) electrons. The average molecular weight is 288 g/mol. The Hall–Kier alpha value is -2.70. The van der Waals surface area contributed by atoms with Crippen LogP contribution in [0.5, 0.6) is 0 Å². The van der Waals surface area contributed by atoms with Gasteiger partial charge in [0.05, 0.1) is 6.04 Å². The third-order valence-electron chi connectivity index (χ3n) is 3.43. The lowest BCUT2D eigenvalue weighted by atomic mass is 10.1. The molecule has 0 saturated heterocycles. The molecule has 7 heteroatoms. The Kier molecular flexibility index (Phi) is 4.02. The number of nitrogens with one attached hydrogen (secondary N) is 1. The predicted octanol–water partition coefficient (Wildman–Crippen LogP) is 0.302. The molecule has 1 amide bonds. The van der Waals surface area contributed by atoms with Crippen LogP contribution in [0.2, 0.25) is 0 Å². The Bertz CT molecular complexity index is 764. The van der Waals surface area contributed by atoms with Crippen molar-refractivity contribution >= 4 is 5.91 Å². The van der Waals surface area contributed by atoms with E-state index in [1.54, 1.807) is 31.6 Å². The average Bonchev–Trinajstić information content (AvgIpc) is 2.49. The molecule has 2 rings (SSSR count). The number of pyridine rings is 1. The first-order valence-electron chi connectivity index (χ1n) is 6.39. The van der Waals surface area contributed by atoms with Gasteiger partial charge >= 0.3 is 5.69 Å². The largest absolute Gasteiger partial charge is 0.335 e. The van der Waals surface area contributed by atoms with Crippen LogP contribution in [0.3, 0.4) is 0 Å². The van der Waals surface area contributed by atoms with Gasteiger partial charge in [0.1, 0.15) is 5.56 Å². The van der Waals surface area contributed by atoms with Crippen LogP contribution in [0.25, 0.3) is 0 Å². The van der Waals surface area contributed by atoms with Gasteiger partial charge in [-0.25, -0.2) is 4.79 Å². The standard InChI is InChI=1S/C14H16N4O3/c1-9(10-4-6-15-7-5-10)18(3)13(20)11-8-17(2)14(21)16-12(11)19/h4-9H,1-3H3,(H,16,19,21)/t9-/m1/s1. The maximum absolute atomic E-state index is 12.4. The smallest absolute Gasteiger partial charge is 0.328 e. The van der Waals surface area contributed by atoms with E-state index < -0.39 is 17.2 Å². The van der Waals surface area contributed by atoms with Gasteiger partial charge in [0.15, 0.2) is 0 Å². The van der Waals surface area contributed by atoms with Crippen LogP contribution in [0, 0.1) is 0 Å². The fourth-order valence-electron chi connectivity index (χ4n) is 1.95. The predicted molar refractivity (Wildman–Crippen MR) is 77.0 cm³/mol. The van der Waals surface area contributed by atoms with Crippen molar-refractivity contribution in [2.24, 2.45) is 7.05 Å². The molecule has 110 valence electrons. The maximum Gasteiger partial charge on any atom is 0.328 e. The van der Waals surface area contributed by atoms with E-state index in [4.69, 9.17) is 0 Å². The highest BCUT2D eigenvalue weighted by Crippen LogP contribution is 2.18. The second-order valence-corrected chi connectivity index (χ2v) is 4.79. The maximum atomic E-state index is 12.4. The lowest BCUT2D eigenvalue weighted by Gasteiger charge is -2.25. The molecule has 0 spiro atoms. The van der Waals surface area contributed by atoms with Gasteiger partial charge in [-0.05, 0) is 24.6 Å². The number of aromatic amines is 1. The number of amides is 1. The van der Waals surface area contributed by atoms with Crippen molar-refractivity contribution in [1.82, 2.24) is 19.4 Å². The summed E-state index contributed by atoms with van der Waals surface area (Å²) in [6, 6.07) is 3.39. The summed E-state index contributed by atoms with van der Waals surface area (Å²) >= 11 is 0. The zero-order valence-corrected chi connectivity index (χ0v) is 12.0. The fourth-order valence-corrected chi connectivity index (χ4v) is 1.95. The third kappa shape index (κ3) is 2.91. The van der Waals surface area contributed by atoms with Gasteiger partial charge in [0, 0.05) is 32.7 Å². The summed E-state index contributed by atoms with van der Waals surface area (Å²) in [7, 11) is 3.08. The summed E-state index contributed by atoms with van der Waals surface area (Å²) in [6.45, 7) is 1.85. The summed E-state index contributed by atoms with van der Waals surface area (Å²) in [6.07, 6.45) is 4.53. The van der Waals surface area contributed by atoms with Crippen molar-refractivity contribution < 1.29 is 4.79 Å². The number of carbonyl (C=O) groups is 1. The summed E-state index contributed by atoms with van der Waals surface area (Å²) < 4.78 is 1.17. The lowest BCUT2D eigenvalue weighted by Crippen LogP contribution is -2.38. The Labute approximate surface area is 120 Å². The quantitative estimate of drug-likeness (QED) is 0.880. The van der Waals surface area contributed by atoms with Crippen LogP contribution in [0.15, 0.2) is 40.3 Å². The molecule has 0 aliphatic carbocycles. The summed E-state index contributed by atoms with van der Waals surface area (Å²) in [5.41, 5.74) is -0.402. The molecule has 2 heterocycles. The zero-order chi connectivity index (χ0) is 15.6. The fraction of sp³-hybridized carbons (Fsp3) is 0.286. The zero-order valence-electron chi connectivity index (χ0n) is 12.0. The van der Waals surface area contributed by atoms with Gasteiger partial charge in [-0.2, -0.15) is 0 Å². The topological polar surface area (TPSA) is 88.1 Å². The molecule has 0 unspecified atom stereocenters. The lowest BCUT2D eigenvalue weighted by molar-refractivity contribution is 0.0739.